The van der Waals surface area contributed by atoms with E-state index in [1.807, 2.05) is 53.4 Å². The molecule has 0 saturated carbocycles. The van der Waals surface area contributed by atoms with Crippen LogP contribution < -0.4 is 4.90 Å². The van der Waals surface area contributed by atoms with Crippen LogP contribution in [-0.4, -0.2) is 47.8 Å². The van der Waals surface area contributed by atoms with E-state index in [4.69, 9.17) is 11.6 Å². The van der Waals surface area contributed by atoms with Gasteiger partial charge in [0.15, 0.2) is 0 Å². The van der Waals surface area contributed by atoms with Crippen LogP contribution in [0.2, 0.25) is 5.02 Å². The first kappa shape index (κ1) is 20.5. The topological polar surface area (TPSA) is 43.9 Å². The lowest BCUT2D eigenvalue weighted by Gasteiger charge is -2.38. The molecular weight excluding hydrogens is 398 g/mol. The summed E-state index contributed by atoms with van der Waals surface area (Å²) in [5.74, 6) is 0.0265. The molecule has 156 valence electrons. The van der Waals surface area contributed by atoms with Crippen molar-refractivity contribution in [2.24, 2.45) is 0 Å². The summed E-state index contributed by atoms with van der Waals surface area (Å²) in [6, 6.07) is 13.6. The largest absolute Gasteiger partial charge is 0.368 e. The Bertz CT molecular complexity index is 996. The number of amides is 2. The molecule has 0 N–H and O–H groups in total. The molecule has 0 bridgehead atoms. The molecule has 4 rings (SSSR count). The summed E-state index contributed by atoms with van der Waals surface area (Å²) in [5.41, 5.74) is 4.40. The third kappa shape index (κ3) is 4.08. The fourth-order valence-electron chi connectivity index (χ4n) is 4.33. The molecule has 0 radical (unpaired) electrons. The predicted molar refractivity (Wildman–Crippen MR) is 120 cm³/mol. The van der Waals surface area contributed by atoms with Crippen molar-refractivity contribution in [3.05, 3.63) is 70.4 Å². The van der Waals surface area contributed by atoms with Crippen LogP contribution >= 0.6 is 11.6 Å². The number of hydrogen-bond acceptors (Lipinski definition) is 3. The minimum Gasteiger partial charge on any atom is -0.368 e. The van der Waals surface area contributed by atoms with E-state index in [1.165, 1.54) is 5.56 Å². The van der Waals surface area contributed by atoms with Crippen molar-refractivity contribution in [2.45, 2.75) is 26.3 Å². The molecule has 0 unspecified atom stereocenters. The summed E-state index contributed by atoms with van der Waals surface area (Å²) in [5, 5.41) is 0.724. The number of hydrogen-bond donors (Lipinski definition) is 0. The zero-order valence-electron chi connectivity index (χ0n) is 17.3. The van der Waals surface area contributed by atoms with Crippen LogP contribution in [0, 0.1) is 6.92 Å². The van der Waals surface area contributed by atoms with Crippen LogP contribution in [0.25, 0.3) is 6.08 Å². The van der Waals surface area contributed by atoms with Crippen LogP contribution in [0.1, 0.15) is 36.1 Å². The Labute approximate surface area is 182 Å². The van der Waals surface area contributed by atoms with Crippen molar-refractivity contribution in [1.82, 2.24) is 9.80 Å². The van der Waals surface area contributed by atoms with Gasteiger partial charge in [-0.15, -0.1) is 0 Å². The zero-order chi connectivity index (χ0) is 21.3. The quantitative estimate of drug-likeness (QED) is 0.740. The second kappa shape index (κ2) is 8.52. The number of aryl methyl sites for hydroxylation is 1. The monoisotopic (exact) mass is 423 g/mol. The molecule has 6 heteroatoms. The highest BCUT2D eigenvalue weighted by Crippen LogP contribution is 2.33. The number of fused-ring (bicyclic) bond motifs is 1. The van der Waals surface area contributed by atoms with E-state index < -0.39 is 0 Å². The molecule has 2 aliphatic rings. The second-order valence-electron chi connectivity index (χ2n) is 7.89. The fourth-order valence-corrected chi connectivity index (χ4v) is 4.49. The molecule has 0 spiro atoms. The van der Waals surface area contributed by atoms with Gasteiger partial charge in [-0.05, 0) is 41.8 Å². The minimum absolute atomic E-state index is 0.0557. The maximum Gasteiger partial charge on any atom is 0.225 e. The Morgan fingerprint density at radius 3 is 2.53 bits per heavy atom. The van der Waals surface area contributed by atoms with Crippen molar-refractivity contribution in [2.75, 3.05) is 31.1 Å². The van der Waals surface area contributed by atoms with Crippen LogP contribution in [-0.2, 0) is 9.59 Å². The molecule has 0 aliphatic carbocycles. The van der Waals surface area contributed by atoms with Crippen LogP contribution in [0.15, 0.2) is 48.7 Å². The molecule has 2 heterocycles. The molecule has 2 aliphatic heterocycles. The number of rotatable bonds is 3. The van der Waals surface area contributed by atoms with E-state index in [0.717, 1.165) is 34.9 Å². The molecule has 2 aromatic rings. The lowest BCUT2D eigenvalue weighted by molar-refractivity contribution is -0.134. The maximum absolute atomic E-state index is 13.1. The first-order valence-corrected chi connectivity index (χ1v) is 10.7. The summed E-state index contributed by atoms with van der Waals surface area (Å²) < 4.78 is 0. The fraction of sp³-hybridized carbons (Fsp3) is 0.333. The summed E-state index contributed by atoms with van der Waals surface area (Å²) in [7, 11) is 0. The second-order valence-corrected chi connectivity index (χ2v) is 8.33. The van der Waals surface area contributed by atoms with Crippen molar-refractivity contribution < 1.29 is 9.59 Å². The van der Waals surface area contributed by atoms with Gasteiger partial charge in [0.1, 0.15) is 0 Å². The van der Waals surface area contributed by atoms with Crippen molar-refractivity contribution in [3.63, 3.8) is 0 Å². The number of halogens is 1. The van der Waals surface area contributed by atoms with E-state index in [1.54, 1.807) is 18.0 Å². The lowest BCUT2D eigenvalue weighted by atomic mass is 9.93. The summed E-state index contributed by atoms with van der Waals surface area (Å²) in [4.78, 5) is 31.2. The Balaban J connectivity index is 1.45. The number of benzene rings is 2. The molecule has 30 heavy (non-hydrogen) atoms. The summed E-state index contributed by atoms with van der Waals surface area (Å²) in [6.07, 6.45) is 4.02. The van der Waals surface area contributed by atoms with Gasteiger partial charge >= 0.3 is 0 Å². The first-order chi connectivity index (χ1) is 14.4. The highest BCUT2D eigenvalue weighted by atomic mass is 35.5. The maximum atomic E-state index is 13.1. The van der Waals surface area contributed by atoms with Crippen LogP contribution in [0.4, 0.5) is 5.69 Å². The average molecular weight is 424 g/mol. The van der Waals surface area contributed by atoms with Gasteiger partial charge in [0.25, 0.3) is 0 Å². The van der Waals surface area contributed by atoms with Gasteiger partial charge in [-0.3, -0.25) is 9.59 Å². The number of anilines is 1. The molecule has 1 atom stereocenters. The Hall–Kier alpha value is -2.79. The third-order valence-electron chi connectivity index (χ3n) is 5.98. The van der Waals surface area contributed by atoms with E-state index in [9.17, 15) is 9.59 Å². The van der Waals surface area contributed by atoms with E-state index in [2.05, 4.69) is 11.8 Å². The molecule has 5 nitrogen and oxygen atoms in total. The van der Waals surface area contributed by atoms with E-state index in [-0.39, 0.29) is 24.3 Å². The third-order valence-corrected chi connectivity index (χ3v) is 6.22. The van der Waals surface area contributed by atoms with Crippen LogP contribution in [0.5, 0.6) is 0 Å². The summed E-state index contributed by atoms with van der Waals surface area (Å²) >= 11 is 6.18. The van der Waals surface area contributed by atoms with Gasteiger partial charge in [0, 0.05) is 50.0 Å². The molecule has 1 fully saturated rings. The van der Waals surface area contributed by atoms with Gasteiger partial charge < -0.3 is 14.7 Å². The standard InChI is InChI=1S/C24H26ClN3O2/c1-17-7-8-20(25)15-22(17)26-11-13-27(14-12-26)24(30)16-23-21-6-4-3-5-19(21)9-10-28(23)18(2)29/h3-10,15,23H,11-14,16H2,1-2H3/t23-/m1/s1. The molecule has 2 aromatic carbocycles. The number of piperazine rings is 1. The predicted octanol–water partition coefficient (Wildman–Crippen LogP) is 4.26. The number of carbonyl (C=O) groups is 2. The molecule has 2 amide bonds. The number of carbonyl (C=O) groups excluding carboxylic acids is 2. The van der Waals surface area contributed by atoms with Gasteiger partial charge in [-0.2, -0.15) is 0 Å². The SMILES string of the molecule is CC(=O)N1C=Cc2ccccc2[C@H]1CC(=O)N1CCN(c2cc(Cl)ccc2C)CC1. The Morgan fingerprint density at radius 1 is 1.07 bits per heavy atom. The van der Waals surface area contributed by atoms with Gasteiger partial charge in [0.05, 0.1) is 12.5 Å². The highest BCUT2D eigenvalue weighted by molar-refractivity contribution is 6.30. The zero-order valence-corrected chi connectivity index (χ0v) is 18.1. The highest BCUT2D eigenvalue weighted by Gasteiger charge is 2.31. The van der Waals surface area contributed by atoms with Crippen LogP contribution in [0.3, 0.4) is 0 Å². The Morgan fingerprint density at radius 2 is 1.80 bits per heavy atom. The van der Waals surface area contributed by atoms with Crippen molar-refractivity contribution >= 4 is 35.2 Å². The summed E-state index contributed by atoms with van der Waals surface area (Å²) in [6.45, 7) is 6.48. The Kier molecular flexibility index (Phi) is 5.82. The van der Waals surface area contributed by atoms with Crippen molar-refractivity contribution in [3.8, 4) is 0 Å². The van der Waals surface area contributed by atoms with Crippen molar-refractivity contribution in [1.29, 1.82) is 0 Å². The van der Waals surface area contributed by atoms with Gasteiger partial charge in [0.2, 0.25) is 11.8 Å². The smallest absolute Gasteiger partial charge is 0.225 e. The lowest BCUT2D eigenvalue weighted by Crippen LogP contribution is -2.49. The van der Waals surface area contributed by atoms with E-state index >= 15 is 0 Å². The normalized spacial score (nSPS) is 18.4. The minimum atomic E-state index is -0.260. The molecule has 1 saturated heterocycles. The van der Waals surface area contributed by atoms with Gasteiger partial charge in [-0.25, -0.2) is 0 Å². The number of nitrogens with zero attached hydrogens (tertiary/aromatic N) is 3. The first-order valence-electron chi connectivity index (χ1n) is 10.3. The molecular formula is C24H26ClN3O2. The average Bonchev–Trinajstić information content (AvgIpc) is 2.75. The van der Waals surface area contributed by atoms with Gasteiger partial charge in [-0.1, -0.05) is 41.9 Å². The molecule has 0 aromatic heterocycles. The van der Waals surface area contributed by atoms with E-state index in [0.29, 0.717) is 13.1 Å².